The number of hydrogen-bond donors (Lipinski definition) is 0. The van der Waals surface area contributed by atoms with Crippen LogP contribution in [0.4, 0.5) is 5.69 Å². The summed E-state index contributed by atoms with van der Waals surface area (Å²) in [7, 11) is -3.80. The predicted molar refractivity (Wildman–Crippen MR) is 102 cm³/mol. The van der Waals surface area contributed by atoms with Gasteiger partial charge in [-0.25, -0.2) is 0 Å². The van der Waals surface area contributed by atoms with Gasteiger partial charge in [-0.15, -0.1) is 4.40 Å². The van der Waals surface area contributed by atoms with Gasteiger partial charge < -0.3 is 14.4 Å². The van der Waals surface area contributed by atoms with Crippen LogP contribution in [0.25, 0.3) is 0 Å². The Hall–Kier alpha value is -2.87. The minimum atomic E-state index is -3.80. The Balaban J connectivity index is 2.04. The molecule has 0 spiro atoms. The predicted octanol–water partition coefficient (Wildman–Crippen LogP) is 2.60. The highest BCUT2D eigenvalue weighted by atomic mass is 32.2. The fourth-order valence-corrected chi connectivity index (χ4v) is 4.01. The van der Waals surface area contributed by atoms with E-state index in [9.17, 15) is 13.2 Å². The van der Waals surface area contributed by atoms with E-state index >= 15 is 0 Å². The molecule has 27 heavy (non-hydrogen) atoms. The summed E-state index contributed by atoms with van der Waals surface area (Å²) in [4.78, 5) is 13.8. The summed E-state index contributed by atoms with van der Waals surface area (Å²) in [6.45, 7) is 4.20. The van der Waals surface area contributed by atoms with Crippen molar-refractivity contribution < 1.29 is 22.7 Å². The molecular weight excluding hydrogens is 368 g/mol. The van der Waals surface area contributed by atoms with Crippen LogP contribution >= 0.6 is 0 Å². The molecule has 2 aromatic carbocycles. The number of carbonyl (C=O) groups excluding carboxylic acids is 1. The van der Waals surface area contributed by atoms with Gasteiger partial charge in [-0.1, -0.05) is 12.1 Å². The van der Waals surface area contributed by atoms with Crippen LogP contribution in [-0.2, 0) is 19.6 Å². The van der Waals surface area contributed by atoms with E-state index in [0.717, 1.165) is 0 Å². The molecule has 0 fully saturated rings. The van der Waals surface area contributed by atoms with Gasteiger partial charge in [0.2, 0.25) is 0 Å². The maximum atomic E-state index is 12.4. The molecule has 0 unspecified atom stereocenters. The number of esters is 1. The number of benzene rings is 2. The van der Waals surface area contributed by atoms with Crippen LogP contribution in [0.3, 0.4) is 0 Å². The first-order valence-electron chi connectivity index (χ1n) is 8.56. The van der Waals surface area contributed by atoms with E-state index in [1.54, 1.807) is 49.4 Å². The quantitative estimate of drug-likeness (QED) is 0.707. The van der Waals surface area contributed by atoms with E-state index in [1.165, 1.54) is 11.0 Å². The number of amidine groups is 1. The van der Waals surface area contributed by atoms with E-state index in [1.807, 2.05) is 6.92 Å². The molecule has 0 aliphatic carbocycles. The van der Waals surface area contributed by atoms with E-state index in [2.05, 4.69) is 4.40 Å². The highest BCUT2D eigenvalue weighted by molar-refractivity contribution is 7.90. The Kier molecular flexibility index (Phi) is 5.46. The van der Waals surface area contributed by atoms with Crippen molar-refractivity contribution in [1.82, 2.24) is 0 Å². The summed E-state index contributed by atoms with van der Waals surface area (Å²) in [6, 6.07) is 13.6. The van der Waals surface area contributed by atoms with Gasteiger partial charge >= 0.3 is 5.97 Å². The number of ether oxygens (including phenoxy) is 2. The minimum absolute atomic E-state index is 0.125. The van der Waals surface area contributed by atoms with Gasteiger partial charge in [-0.05, 0) is 50.2 Å². The monoisotopic (exact) mass is 388 g/mol. The van der Waals surface area contributed by atoms with Crippen LogP contribution in [0, 0.1) is 0 Å². The van der Waals surface area contributed by atoms with Crippen molar-refractivity contribution in [3.05, 3.63) is 54.1 Å². The third-order valence-electron chi connectivity index (χ3n) is 3.92. The van der Waals surface area contributed by atoms with Gasteiger partial charge in [0, 0.05) is 11.3 Å². The van der Waals surface area contributed by atoms with Crippen molar-refractivity contribution in [2.45, 2.75) is 18.7 Å². The zero-order valence-corrected chi connectivity index (χ0v) is 15.9. The van der Waals surface area contributed by atoms with E-state index in [-0.39, 0.29) is 23.9 Å². The molecule has 1 aliphatic rings. The second-order valence-electron chi connectivity index (χ2n) is 5.70. The summed E-state index contributed by atoms with van der Waals surface area (Å²) in [6.07, 6.45) is 0. The molecule has 0 amide bonds. The van der Waals surface area contributed by atoms with Crippen molar-refractivity contribution in [3.8, 4) is 5.75 Å². The van der Waals surface area contributed by atoms with Gasteiger partial charge in [0.05, 0.1) is 13.2 Å². The molecule has 0 saturated carbocycles. The average Bonchev–Trinajstić information content (AvgIpc) is 2.92. The number of rotatable bonds is 6. The first kappa shape index (κ1) is 18.9. The smallest absolute Gasteiger partial charge is 0.326 e. The van der Waals surface area contributed by atoms with Crippen LogP contribution in [-0.4, -0.2) is 40.0 Å². The van der Waals surface area contributed by atoms with Crippen LogP contribution in [0.15, 0.2) is 57.8 Å². The Labute approximate surface area is 158 Å². The van der Waals surface area contributed by atoms with E-state index < -0.39 is 16.0 Å². The SMILES string of the molecule is CCOC(=O)CN(C1=NS(=O)(=O)c2ccccc21)c1ccc(OCC)cc1. The molecule has 1 heterocycles. The fraction of sp³-hybridized carbons (Fsp3) is 0.263. The molecule has 0 bridgehead atoms. The number of anilines is 1. The number of sulfonamides is 1. The number of nitrogens with zero attached hydrogens (tertiary/aromatic N) is 2. The highest BCUT2D eigenvalue weighted by Crippen LogP contribution is 2.30. The molecule has 0 saturated heterocycles. The third-order valence-corrected chi connectivity index (χ3v) is 5.25. The van der Waals surface area contributed by atoms with Gasteiger partial charge in [0.25, 0.3) is 10.0 Å². The largest absolute Gasteiger partial charge is 0.494 e. The average molecular weight is 388 g/mol. The van der Waals surface area contributed by atoms with Gasteiger partial charge in [0.1, 0.15) is 17.2 Å². The first-order chi connectivity index (χ1) is 13.0. The Bertz CT molecular complexity index is 968. The van der Waals surface area contributed by atoms with E-state index in [0.29, 0.717) is 23.6 Å². The Morgan fingerprint density at radius 3 is 2.41 bits per heavy atom. The molecule has 8 heteroatoms. The molecule has 2 aromatic rings. The second-order valence-corrected chi connectivity index (χ2v) is 7.28. The summed E-state index contributed by atoms with van der Waals surface area (Å²) < 4.78 is 39.2. The Morgan fingerprint density at radius 1 is 1.04 bits per heavy atom. The van der Waals surface area contributed by atoms with Crippen LogP contribution in [0.5, 0.6) is 5.75 Å². The topological polar surface area (TPSA) is 85.3 Å². The first-order valence-corrected chi connectivity index (χ1v) is 10.0. The molecule has 7 nitrogen and oxygen atoms in total. The lowest BCUT2D eigenvalue weighted by molar-refractivity contribution is -0.141. The van der Waals surface area contributed by atoms with E-state index in [4.69, 9.17) is 9.47 Å². The number of fused-ring (bicyclic) bond motifs is 1. The summed E-state index contributed by atoms with van der Waals surface area (Å²) in [5.74, 6) is 0.400. The molecule has 3 rings (SSSR count). The van der Waals surface area contributed by atoms with Crippen molar-refractivity contribution in [3.63, 3.8) is 0 Å². The standard InChI is InChI=1S/C19H20N2O5S/c1-3-25-15-11-9-14(10-12-15)21(13-18(22)26-4-2)19-16-7-5-6-8-17(16)27(23,24)20-19/h5-12H,3-4,13H2,1-2H3. The summed E-state index contributed by atoms with van der Waals surface area (Å²) in [5.41, 5.74) is 1.06. The lowest BCUT2D eigenvalue weighted by atomic mass is 10.1. The zero-order valence-electron chi connectivity index (χ0n) is 15.1. The molecule has 0 atom stereocenters. The van der Waals surface area contributed by atoms with Crippen LogP contribution in [0.1, 0.15) is 19.4 Å². The van der Waals surface area contributed by atoms with Crippen LogP contribution in [0.2, 0.25) is 0 Å². The molecular formula is C19H20N2O5S. The minimum Gasteiger partial charge on any atom is -0.494 e. The maximum Gasteiger partial charge on any atom is 0.326 e. The number of carbonyl (C=O) groups is 1. The van der Waals surface area contributed by atoms with Crippen molar-refractivity contribution in [1.29, 1.82) is 0 Å². The van der Waals surface area contributed by atoms with Crippen molar-refractivity contribution in [2.75, 3.05) is 24.7 Å². The number of hydrogen-bond acceptors (Lipinski definition) is 6. The molecule has 142 valence electrons. The zero-order chi connectivity index (χ0) is 19.4. The third kappa shape index (κ3) is 3.95. The van der Waals surface area contributed by atoms with Gasteiger partial charge in [0.15, 0.2) is 5.84 Å². The Morgan fingerprint density at radius 2 is 1.74 bits per heavy atom. The lowest BCUT2D eigenvalue weighted by Gasteiger charge is -2.24. The van der Waals surface area contributed by atoms with Gasteiger partial charge in [-0.2, -0.15) is 8.42 Å². The van der Waals surface area contributed by atoms with Gasteiger partial charge in [-0.3, -0.25) is 4.79 Å². The normalized spacial score (nSPS) is 14.2. The highest BCUT2D eigenvalue weighted by Gasteiger charge is 2.33. The van der Waals surface area contributed by atoms with Crippen LogP contribution < -0.4 is 9.64 Å². The molecule has 0 radical (unpaired) electrons. The van der Waals surface area contributed by atoms with Crippen molar-refractivity contribution in [2.24, 2.45) is 4.40 Å². The van der Waals surface area contributed by atoms with Crippen molar-refractivity contribution >= 4 is 27.5 Å². The fourth-order valence-electron chi connectivity index (χ4n) is 2.80. The maximum absolute atomic E-state index is 12.4. The molecule has 0 aromatic heterocycles. The molecule has 1 aliphatic heterocycles. The lowest BCUT2D eigenvalue weighted by Crippen LogP contribution is -2.36. The summed E-state index contributed by atoms with van der Waals surface area (Å²) >= 11 is 0. The molecule has 0 N–H and O–H groups in total. The second kappa shape index (κ2) is 7.79. The summed E-state index contributed by atoms with van der Waals surface area (Å²) in [5, 5.41) is 0.